The molecule has 36 heavy (non-hydrogen) atoms. The van der Waals surface area contributed by atoms with Crippen molar-refractivity contribution in [3.8, 4) is 0 Å². The van der Waals surface area contributed by atoms with Gasteiger partial charge >= 0.3 is 12.1 Å². The Morgan fingerprint density at radius 1 is 1.08 bits per heavy atom. The quantitative estimate of drug-likeness (QED) is 0.116. The number of nitrogens with two attached hydrogens (primary N) is 1. The van der Waals surface area contributed by atoms with Crippen molar-refractivity contribution in [2.24, 2.45) is 5.73 Å². The molecule has 1 rings (SSSR count). The van der Waals surface area contributed by atoms with E-state index >= 15 is 0 Å². The number of hydrogen-bond donors (Lipinski definition) is 8. The average molecular weight is 523 g/mol. The highest BCUT2D eigenvalue weighted by Gasteiger charge is 2.47. The van der Waals surface area contributed by atoms with E-state index in [9.17, 15) is 39.3 Å². The van der Waals surface area contributed by atoms with E-state index in [1.54, 1.807) is 6.92 Å². The van der Waals surface area contributed by atoms with Crippen molar-refractivity contribution in [3.05, 3.63) is 0 Å². The molecule has 1 fully saturated rings. The Morgan fingerprint density at radius 2 is 1.72 bits per heavy atom. The van der Waals surface area contributed by atoms with Gasteiger partial charge in [-0.3, -0.25) is 19.2 Å². The lowest BCUT2D eigenvalue weighted by molar-refractivity contribution is -0.265. The van der Waals surface area contributed by atoms with E-state index in [4.69, 9.17) is 25.1 Å². The van der Waals surface area contributed by atoms with Gasteiger partial charge in [0.05, 0.1) is 13.2 Å². The van der Waals surface area contributed by atoms with Crippen molar-refractivity contribution in [1.82, 2.24) is 16.0 Å². The highest BCUT2D eigenvalue weighted by molar-refractivity contribution is 5.92. The molecule has 0 aliphatic carbocycles. The van der Waals surface area contributed by atoms with Gasteiger partial charge in [0.1, 0.15) is 42.5 Å². The second kappa shape index (κ2) is 14.5. The van der Waals surface area contributed by atoms with E-state index < -0.39 is 91.6 Å². The highest BCUT2D eigenvalue weighted by atomic mass is 16.6. The van der Waals surface area contributed by atoms with Crippen LogP contribution in [0.15, 0.2) is 0 Å². The molecule has 16 nitrogen and oxygen atoms in total. The van der Waals surface area contributed by atoms with Gasteiger partial charge in [-0.2, -0.15) is 0 Å². The molecule has 0 aromatic carbocycles. The van der Waals surface area contributed by atoms with E-state index in [0.717, 1.165) is 0 Å². The summed E-state index contributed by atoms with van der Waals surface area (Å²) in [4.78, 5) is 59.0. The number of nitrogens with one attached hydrogen (secondary N) is 3. The molecule has 4 unspecified atom stereocenters. The van der Waals surface area contributed by atoms with E-state index in [0.29, 0.717) is 0 Å². The van der Waals surface area contributed by atoms with Gasteiger partial charge < -0.3 is 56.3 Å². The van der Waals surface area contributed by atoms with Crippen LogP contribution in [0.4, 0.5) is 4.79 Å². The average Bonchev–Trinajstić information content (AvgIpc) is 2.80. The second-order valence-corrected chi connectivity index (χ2v) is 8.00. The number of rotatable bonds is 13. The van der Waals surface area contributed by atoms with Gasteiger partial charge in [0.2, 0.25) is 17.7 Å². The summed E-state index contributed by atoms with van der Waals surface area (Å²) in [6.45, 7) is 3.40. The Kier molecular flexibility index (Phi) is 12.5. The highest BCUT2D eigenvalue weighted by Crippen LogP contribution is 2.24. The SMILES string of the molecule is CCOC(=O)NC1C(O)OC(CO)C(O)[C@@H]1O[C@H](C)C(=O)N[C@@H](C)C(=O)N[C@H](CCC(=O)O)C(N)=O. The van der Waals surface area contributed by atoms with Crippen molar-refractivity contribution >= 4 is 29.8 Å². The first-order chi connectivity index (χ1) is 16.8. The van der Waals surface area contributed by atoms with E-state index in [2.05, 4.69) is 16.0 Å². The molecule has 0 aromatic rings. The summed E-state index contributed by atoms with van der Waals surface area (Å²) in [7, 11) is 0. The minimum Gasteiger partial charge on any atom is -0.481 e. The van der Waals surface area contributed by atoms with Gasteiger partial charge in [-0.1, -0.05) is 0 Å². The fourth-order valence-corrected chi connectivity index (χ4v) is 3.25. The molecule has 1 saturated heterocycles. The molecule has 9 N–H and O–H groups in total. The normalized spacial score (nSPS) is 26.1. The number of alkyl carbamates (subject to hydrolysis) is 1. The molecule has 4 amide bonds. The van der Waals surface area contributed by atoms with E-state index in [1.165, 1.54) is 13.8 Å². The van der Waals surface area contributed by atoms with Crippen molar-refractivity contribution in [3.63, 3.8) is 0 Å². The number of primary amides is 1. The predicted octanol–water partition coefficient (Wildman–Crippen LogP) is -3.72. The maximum Gasteiger partial charge on any atom is 0.407 e. The molecule has 0 spiro atoms. The number of ether oxygens (including phenoxy) is 3. The summed E-state index contributed by atoms with van der Waals surface area (Å²) in [6, 6.07) is -3.87. The van der Waals surface area contributed by atoms with Crippen molar-refractivity contribution in [2.75, 3.05) is 13.2 Å². The second-order valence-electron chi connectivity index (χ2n) is 8.00. The maximum absolute atomic E-state index is 12.6. The van der Waals surface area contributed by atoms with Crippen LogP contribution in [0.5, 0.6) is 0 Å². The Balaban J connectivity index is 2.84. The lowest BCUT2D eigenvalue weighted by Gasteiger charge is -2.43. The summed E-state index contributed by atoms with van der Waals surface area (Å²) in [5.74, 6) is -3.82. The first kappa shape index (κ1) is 31.0. The van der Waals surface area contributed by atoms with Gasteiger partial charge in [0.15, 0.2) is 6.29 Å². The van der Waals surface area contributed by atoms with Gasteiger partial charge in [0, 0.05) is 6.42 Å². The topological polar surface area (TPSA) is 256 Å². The lowest BCUT2D eigenvalue weighted by atomic mass is 9.96. The summed E-state index contributed by atoms with van der Waals surface area (Å²) in [5.41, 5.74) is 5.17. The number of amides is 4. The lowest BCUT2D eigenvalue weighted by Crippen LogP contribution is -2.66. The van der Waals surface area contributed by atoms with Crippen LogP contribution in [0.25, 0.3) is 0 Å². The van der Waals surface area contributed by atoms with Crippen molar-refractivity contribution < 1.29 is 58.6 Å². The van der Waals surface area contributed by atoms with E-state index in [-0.39, 0.29) is 13.0 Å². The minimum atomic E-state index is -1.73. The number of aliphatic hydroxyl groups is 3. The third-order valence-corrected chi connectivity index (χ3v) is 5.22. The zero-order valence-electron chi connectivity index (χ0n) is 20.1. The van der Waals surface area contributed by atoms with Crippen LogP contribution in [0, 0.1) is 0 Å². The summed E-state index contributed by atoms with van der Waals surface area (Å²) in [5, 5.41) is 45.7. The molecule has 8 atom stereocenters. The van der Waals surface area contributed by atoms with Gasteiger partial charge in [0.25, 0.3) is 0 Å². The predicted molar refractivity (Wildman–Crippen MR) is 118 cm³/mol. The number of carboxylic acid groups (broad SMARTS) is 1. The molecule has 206 valence electrons. The zero-order valence-corrected chi connectivity index (χ0v) is 20.1. The van der Waals surface area contributed by atoms with Crippen molar-refractivity contribution in [1.29, 1.82) is 0 Å². The Hall–Kier alpha value is -3.05. The fraction of sp³-hybridized carbons (Fsp3) is 0.750. The van der Waals surface area contributed by atoms with Gasteiger partial charge in [-0.15, -0.1) is 0 Å². The number of carbonyl (C=O) groups is 5. The van der Waals surface area contributed by atoms with Gasteiger partial charge in [-0.25, -0.2) is 4.79 Å². The first-order valence-corrected chi connectivity index (χ1v) is 11.1. The van der Waals surface area contributed by atoms with Crippen LogP contribution < -0.4 is 21.7 Å². The van der Waals surface area contributed by atoms with Crippen LogP contribution >= 0.6 is 0 Å². The molecular formula is C20H34N4O12. The Labute approximate surface area is 206 Å². The smallest absolute Gasteiger partial charge is 0.407 e. The number of aliphatic hydroxyl groups excluding tert-OH is 3. The molecular weight excluding hydrogens is 488 g/mol. The van der Waals surface area contributed by atoms with Crippen LogP contribution in [0.1, 0.15) is 33.6 Å². The first-order valence-electron chi connectivity index (χ1n) is 11.1. The monoisotopic (exact) mass is 522 g/mol. The Morgan fingerprint density at radius 3 is 2.25 bits per heavy atom. The third kappa shape index (κ3) is 9.19. The summed E-state index contributed by atoms with van der Waals surface area (Å²) >= 11 is 0. The van der Waals surface area contributed by atoms with E-state index in [1.807, 2.05) is 0 Å². The third-order valence-electron chi connectivity index (χ3n) is 5.22. The van der Waals surface area contributed by atoms with Crippen molar-refractivity contribution in [2.45, 2.75) is 82.4 Å². The van der Waals surface area contributed by atoms with Crippen LogP contribution in [-0.2, 0) is 33.4 Å². The van der Waals surface area contributed by atoms with Gasteiger partial charge in [-0.05, 0) is 27.2 Å². The van der Waals surface area contributed by atoms with Crippen LogP contribution in [-0.4, -0.2) is 112 Å². The number of hydrogen-bond acceptors (Lipinski definition) is 11. The number of carbonyl (C=O) groups excluding carboxylic acids is 4. The number of aliphatic carboxylic acids is 1. The minimum absolute atomic E-state index is 0.00846. The van der Waals surface area contributed by atoms with Crippen LogP contribution in [0.3, 0.4) is 0 Å². The molecule has 0 aromatic heterocycles. The largest absolute Gasteiger partial charge is 0.481 e. The molecule has 0 radical (unpaired) electrons. The Bertz CT molecular complexity index is 797. The number of carboxylic acids is 1. The summed E-state index contributed by atoms with van der Waals surface area (Å²) < 4.78 is 15.4. The van der Waals surface area contributed by atoms with Crippen LogP contribution in [0.2, 0.25) is 0 Å². The molecule has 0 saturated carbocycles. The molecule has 1 heterocycles. The molecule has 16 heteroatoms. The molecule has 1 aliphatic heterocycles. The molecule has 1 aliphatic rings. The molecule has 0 bridgehead atoms. The standard InChI is InChI=1S/C20H34N4O12/c1-4-34-20(33)24-13-15(14(28)11(7-25)36-19(13)32)35-9(3)18(31)22-8(2)17(30)23-10(16(21)29)5-6-12(26)27/h8-11,13-15,19,25,28,32H,4-7H2,1-3H3,(H2,21,29)(H,22,31)(H,23,30)(H,24,33)(H,26,27)/t8-,9+,10+,11?,13?,14?,15+,19?/m0/s1. The zero-order chi connectivity index (χ0) is 27.6. The maximum atomic E-state index is 12.6. The fourth-order valence-electron chi connectivity index (χ4n) is 3.25. The summed E-state index contributed by atoms with van der Waals surface area (Å²) in [6.07, 6.45) is -9.01.